The molecule has 0 aliphatic carbocycles. The summed E-state index contributed by atoms with van der Waals surface area (Å²) in [5.41, 5.74) is 6.89. The van der Waals surface area contributed by atoms with Gasteiger partial charge in [-0.25, -0.2) is 0 Å². The minimum Gasteiger partial charge on any atom is -0.398 e. The molecule has 0 saturated heterocycles. The Morgan fingerprint density at radius 1 is 1.33 bits per heavy atom. The number of nitrogens with one attached hydrogen (secondary N) is 1. The van der Waals surface area contributed by atoms with Crippen molar-refractivity contribution >= 4 is 11.6 Å². The smallest absolute Gasteiger partial charge is 0.253 e. The standard InChI is InChI=1S/C15H24N2O/c1-3-5-8-12(4-2)11-17-15(18)13-9-6-7-10-14(13)16/h6-7,9-10,12H,3-5,8,11,16H2,1-2H3,(H,17,18). The maximum absolute atomic E-state index is 12.0. The van der Waals surface area contributed by atoms with Crippen LogP contribution >= 0.6 is 0 Å². The summed E-state index contributed by atoms with van der Waals surface area (Å²) in [4.78, 5) is 12.0. The molecule has 100 valence electrons. The minimum atomic E-state index is -0.0666. The highest BCUT2D eigenvalue weighted by molar-refractivity contribution is 5.99. The fourth-order valence-corrected chi connectivity index (χ4v) is 1.98. The predicted molar refractivity (Wildman–Crippen MR) is 76.5 cm³/mol. The molecule has 3 N–H and O–H groups in total. The van der Waals surface area contributed by atoms with Crippen molar-refractivity contribution in [1.29, 1.82) is 0 Å². The van der Waals surface area contributed by atoms with E-state index < -0.39 is 0 Å². The first-order valence-electron chi connectivity index (χ1n) is 6.81. The first-order valence-corrected chi connectivity index (χ1v) is 6.81. The van der Waals surface area contributed by atoms with Gasteiger partial charge in [-0.1, -0.05) is 45.2 Å². The monoisotopic (exact) mass is 248 g/mol. The van der Waals surface area contributed by atoms with Gasteiger partial charge in [-0.2, -0.15) is 0 Å². The van der Waals surface area contributed by atoms with Crippen LogP contribution in [0.4, 0.5) is 5.69 Å². The molecule has 18 heavy (non-hydrogen) atoms. The number of carbonyl (C=O) groups excluding carboxylic acids is 1. The topological polar surface area (TPSA) is 55.1 Å². The number of carbonyl (C=O) groups is 1. The zero-order valence-electron chi connectivity index (χ0n) is 11.4. The number of anilines is 1. The van der Waals surface area contributed by atoms with Crippen molar-refractivity contribution in [3.63, 3.8) is 0 Å². The maximum atomic E-state index is 12.0. The van der Waals surface area contributed by atoms with Crippen molar-refractivity contribution in [2.75, 3.05) is 12.3 Å². The first-order chi connectivity index (χ1) is 8.69. The third kappa shape index (κ3) is 4.40. The van der Waals surface area contributed by atoms with Gasteiger partial charge in [0, 0.05) is 12.2 Å². The first kappa shape index (κ1) is 14.6. The Labute approximate surface area is 110 Å². The van der Waals surface area contributed by atoms with Crippen LogP contribution in [-0.2, 0) is 0 Å². The van der Waals surface area contributed by atoms with Crippen molar-refractivity contribution in [3.8, 4) is 0 Å². The third-order valence-electron chi connectivity index (χ3n) is 3.30. The Kier molecular flexibility index (Phi) is 6.26. The highest BCUT2D eigenvalue weighted by Gasteiger charge is 2.11. The number of hydrogen-bond donors (Lipinski definition) is 2. The van der Waals surface area contributed by atoms with E-state index in [1.54, 1.807) is 12.1 Å². The molecule has 0 aliphatic heterocycles. The Morgan fingerprint density at radius 3 is 2.67 bits per heavy atom. The highest BCUT2D eigenvalue weighted by Crippen LogP contribution is 2.13. The number of nitrogen functional groups attached to an aromatic ring is 1. The summed E-state index contributed by atoms with van der Waals surface area (Å²) < 4.78 is 0. The molecule has 3 nitrogen and oxygen atoms in total. The number of para-hydroxylation sites is 1. The molecule has 0 saturated carbocycles. The summed E-state index contributed by atoms with van der Waals surface area (Å²) >= 11 is 0. The molecule has 0 fully saturated rings. The van der Waals surface area contributed by atoms with E-state index in [4.69, 9.17) is 5.73 Å². The van der Waals surface area contributed by atoms with Crippen LogP contribution in [0.2, 0.25) is 0 Å². The number of unbranched alkanes of at least 4 members (excludes halogenated alkanes) is 1. The molecule has 0 bridgehead atoms. The lowest BCUT2D eigenvalue weighted by molar-refractivity contribution is 0.0946. The van der Waals surface area contributed by atoms with E-state index in [1.807, 2.05) is 12.1 Å². The molecule has 0 radical (unpaired) electrons. The molecule has 3 heteroatoms. The zero-order chi connectivity index (χ0) is 13.4. The lowest BCUT2D eigenvalue weighted by Crippen LogP contribution is -2.29. The number of hydrogen-bond acceptors (Lipinski definition) is 2. The van der Waals surface area contributed by atoms with Crippen molar-refractivity contribution in [2.45, 2.75) is 39.5 Å². The number of nitrogens with two attached hydrogens (primary N) is 1. The second-order valence-electron chi connectivity index (χ2n) is 4.71. The molecular formula is C15H24N2O. The highest BCUT2D eigenvalue weighted by atomic mass is 16.1. The number of amides is 1. The Morgan fingerprint density at radius 2 is 2.06 bits per heavy atom. The lowest BCUT2D eigenvalue weighted by Gasteiger charge is -2.15. The number of rotatable bonds is 7. The van der Waals surface area contributed by atoms with Crippen LogP contribution in [-0.4, -0.2) is 12.5 Å². The molecule has 1 amide bonds. The fourth-order valence-electron chi connectivity index (χ4n) is 1.98. The molecule has 0 spiro atoms. The molecule has 0 heterocycles. The van der Waals surface area contributed by atoms with Crippen LogP contribution in [0.25, 0.3) is 0 Å². The van der Waals surface area contributed by atoms with E-state index in [0.717, 1.165) is 13.0 Å². The van der Waals surface area contributed by atoms with Crippen LogP contribution < -0.4 is 11.1 Å². The predicted octanol–water partition coefficient (Wildman–Crippen LogP) is 3.22. The van der Waals surface area contributed by atoms with Gasteiger partial charge in [0.2, 0.25) is 0 Å². The normalized spacial score (nSPS) is 12.1. The van der Waals surface area contributed by atoms with Gasteiger partial charge in [-0.3, -0.25) is 4.79 Å². The molecule has 1 aromatic carbocycles. The van der Waals surface area contributed by atoms with Crippen LogP contribution in [0.1, 0.15) is 49.9 Å². The van der Waals surface area contributed by atoms with Gasteiger partial charge >= 0.3 is 0 Å². The van der Waals surface area contributed by atoms with Crippen molar-refractivity contribution in [3.05, 3.63) is 29.8 Å². The lowest BCUT2D eigenvalue weighted by atomic mass is 9.99. The van der Waals surface area contributed by atoms with Gasteiger partial charge in [0.15, 0.2) is 0 Å². The van der Waals surface area contributed by atoms with Gasteiger partial charge in [-0.15, -0.1) is 0 Å². The van der Waals surface area contributed by atoms with E-state index in [2.05, 4.69) is 19.2 Å². The zero-order valence-corrected chi connectivity index (χ0v) is 11.4. The van der Waals surface area contributed by atoms with Crippen molar-refractivity contribution < 1.29 is 4.79 Å². The van der Waals surface area contributed by atoms with E-state index >= 15 is 0 Å². The van der Waals surface area contributed by atoms with Crippen molar-refractivity contribution in [2.24, 2.45) is 5.92 Å². The second-order valence-corrected chi connectivity index (χ2v) is 4.71. The summed E-state index contributed by atoms with van der Waals surface area (Å²) in [6.07, 6.45) is 4.71. The quantitative estimate of drug-likeness (QED) is 0.728. The van der Waals surface area contributed by atoms with Gasteiger partial charge in [0.05, 0.1) is 5.56 Å². The van der Waals surface area contributed by atoms with E-state index in [0.29, 0.717) is 17.2 Å². The van der Waals surface area contributed by atoms with E-state index in [1.165, 1.54) is 19.3 Å². The summed E-state index contributed by atoms with van der Waals surface area (Å²) in [6, 6.07) is 7.18. The summed E-state index contributed by atoms with van der Waals surface area (Å²) in [5, 5.41) is 2.98. The molecule has 1 aromatic rings. The van der Waals surface area contributed by atoms with Crippen LogP contribution in [0, 0.1) is 5.92 Å². The van der Waals surface area contributed by atoms with E-state index in [9.17, 15) is 4.79 Å². The van der Waals surface area contributed by atoms with Crippen LogP contribution in [0.3, 0.4) is 0 Å². The van der Waals surface area contributed by atoms with Gasteiger partial charge in [0.1, 0.15) is 0 Å². The molecule has 0 aliphatic rings. The SMILES string of the molecule is CCCCC(CC)CNC(=O)c1ccccc1N. The summed E-state index contributed by atoms with van der Waals surface area (Å²) in [7, 11) is 0. The van der Waals surface area contributed by atoms with Gasteiger partial charge in [-0.05, 0) is 24.5 Å². The Balaban J connectivity index is 2.47. The second kappa shape index (κ2) is 7.75. The molecule has 0 aromatic heterocycles. The average molecular weight is 248 g/mol. The fraction of sp³-hybridized carbons (Fsp3) is 0.533. The maximum Gasteiger partial charge on any atom is 0.253 e. The van der Waals surface area contributed by atoms with Crippen molar-refractivity contribution in [1.82, 2.24) is 5.32 Å². The van der Waals surface area contributed by atoms with Crippen LogP contribution in [0.5, 0.6) is 0 Å². The summed E-state index contributed by atoms with van der Waals surface area (Å²) in [5.74, 6) is 0.502. The number of benzene rings is 1. The van der Waals surface area contributed by atoms with Crippen LogP contribution in [0.15, 0.2) is 24.3 Å². The largest absolute Gasteiger partial charge is 0.398 e. The minimum absolute atomic E-state index is 0.0666. The average Bonchev–Trinajstić information content (AvgIpc) is 2.39. The molecule has 1 unspecified atom stereocenters. The summed E-state index contributed by atoms with van der Waals surface area (Å²) in [6.45, 7) is 5.10. The molecule has 1 rings (SSSR count). The van der Waals surface area contributed by atoms with E-state index in [-0.39, 0.29) is 5.91 Å². The Bertz CT molecular complexity index is 377. The van der Waals surface area contributed by atoms with Gasteiger partial charge in [0.25, 0.3) is 5.91 Å². The Hall–Kier alpha value is -1.51. The third-order valence-corrected chi connectivity index (χ3v) is 3.30. The van der Waals surface area contributed by atoms with Gasteiger partial charge < -0.3 is 11.1 Å². The molecule has 1 atom stereocenters. The molecular weight excluding hydrogens is 224 g/mol.